The van der Waals surface area contributed by atoms with Crippen LogP contribution in [0.2, 0.25) is 0 Å². The van der Waals surface area contributed by atoms with Gasteiger partial charge >= 0.3 is 0 Å². The van der Waals surface area contributed by atoms with E-state index in [4.69, 9.17) is 4.74 Å². The van der Waals surface area contributed by atoms with E-state index < -0.39 is 0 Å². The van der Waals surface area contributed by atoms with Gasteiger partial charge in [-0.05, 0) is 30.9 Å². The Morgan fingerprint density at radius 3 is 2.70 bits per heavy atom. The van der Waals surface area contributed by atoms with Crippen LogP contribution in [0.15, 0.2) is 29.3 Å². The van der Waals surface area contributed by atoms with E-state index in [0.29, 0.717) is 6.61 Å². The van der Waals surface area contributed by atoms with Gasteiger partial charge in [0.2, 0.25) is 0 Å². The lowest BCUT2D eigenvalue weighted by molar-refractivity contribution is 0.322. The summed E-state index contributed by atoms with van der Waals surface area (Å²) < 4.78 is 5.66. The molecule has 2 N–H and O–H groups in total. The fourth-order valence-corrected chi connectivity index (χ4v) is 1.84. The average Bonchev–Trinajstić information content (AvgIpc) is 2.41. The van der Waals surface area contributed by atoms with Crippen molar-refractivity contribution in [1.29, 1.82) is 0 Å². The van der Waals surface area contributed by atoms with Gasteiger partial charge in [-0.3, -0.25) is 4.99 Å². The van der Waals surface area contributed by atoms with E-state index in [1.54, 1.807) is 7.05 Å². The fourth-order valence-electron chi connectivity index (χ4n) is 1.54. The van der Waals surface area contributed by atoms with E-state index >= 15 is 0 Å². The number of halogens is 1. The highest BCUT2D eigenvalue weighted by atomic mass is 127. The minimum Gasteiger partial charge on any atom is -0.492 e. The molecular weight excluding hydrogens is 385 g/mol. The first-order valence-corrected chi connectivity index (χ1v) is 7.78. The van der Waals surface area contributed by atoms with Crippen LogP contribution in [0.3, 0.4) is 0 Å². The number of nitrogens with one attached hydrogen (secondary N) is 2. The summed E-state index contributed by atoms with van der Waals surface area (Å²) in [5.74, 6) is 2.80. The van der Waals surface area contributed by atoms with Gasteiger partial charge in [0.25, 0.3) is 0 Å². The first kappa shape index (κ1) is 19.4. The Kier molecular flexibility index (Phi) is 11.8. The number of nitrogens with zero attached hydrogens (tertiary/aromatic N) is 1. The Hall–Kier alpha value is -0.630. The van der Waals surface area contributed by atoms with Crippen LogP contribution < -0.4 is 15.4 Å². The molecular formula is C14H24IN3OS. The maximum Gasteiger partial charge on any atom is 0.191 e. The highest BCUT2D eigenvalue weighted by molar-refractivity contribution is 14.0. The molecule has 0 saturated heterocycles. The molecule has 0 aliphatic carbocycles. The molecule has 0 heterocycles. The third-order valence-electron chi connectivity index (χ3n) is 2.48. The lowest BCUT2D eigenvalue weighted by Gasteiger charge is -2.12. The number of thioether (sulfide) groups is 1. The van der Waals surface area contributed by atoms with Crippen molar-refractivity contribution < 1.29 is 4.74 Å². The Labute approximate surface area is 143 Å². The van der Waals surface area contributed by atoms with Crippen molar-refractivity contribution in [2.75, 3.05) is 38.8 Å². The molecule has 0 aliphatic rings. The van der Waals surface area contributed by atoms with Crippen molar-refractivity contribution in [2.45, 2.75) is 6.92 Å². The number of aliphatic imine (C=N–C) groups is 1. The Morgan fingerprint density at radius 1 is 1.30 bits per heavy atom. The Bertz CT molecular complexity index is 402. The topological polar surface area (TPSA) is 45.7 Å². The molecule has 0 atom stereocenters. The summed E-state index contributed by atoms with van der Waals surface area (Å²) in [6, 6.07) is 8.06. The maximum absolute atomic E-state index is 5.66. The van der Waals surface area contributed by atoms with Gasteiger partial charge in [-0.15, -0.1) is 24.0 Å². The van der Waals surface area contributed by atoms with E-state index in [0.717, 1.165) is 30.6 Å². The first-order valence-electron chi connectivity index (χ1n) is 6.39. The molecule has 0 saturated carbocycles. The van der Waals surface area contributed by atoms with Crippen LogP contribution in [0.25, 0.3) is 0 Å². The predicted molar refractivity (Wildman–Crippen MR) is 99.8 cm³/mol. The summed E-state index contributed by atoms with van der Waals surface area (Å²) in [6.45, 7) is 4.32. The summed E-state index contributed by atoms with van der Waals surface area (Å²) in [4.78, 5) is 4.15. The van der Waals surface area contributed by atoms with Gasteiger partial charge in [-0.25, -0.2) is 0 Å². The van der Waals surface area contributed by atoms with Crippen LogP contribution >= 0.6 is 35.7 Å². The standard InChI is InChI=1S/C14H23N3OS.HI/c1-12-5-4-6-13(11-12)18-9-7-16-14(15-2)17-8-10-19-3;/h4-6,11H,7-10H2,1-3H3,(H2,15,16,17);1H. The molecule has 1 aromatic rings. The Morgan fingerprint density at radius 2 is 2.05 bits per heavy atom. The van der Waals surface area contributed by atoms with Crippen molar-refractivity contribution >= 4 is 41.7 Å². The van der Waals surface area contributed by atoms with Crippen molar-refractivity contribution in [3.63, 3.8) is 0 Å². The molecule has 20 heavy (non-hydrogen) atoms. The number of guanidine groups is 1. The van der Waals surface area contributed by atoms with E-state index in [1.807, 2.05) is 30.0 Å². The van der Waals surface area contributed by atoms with Crippen LogP contribution in [-0.4, -0.2) is 44.7 Å². The second-order valence-electron chi connectivity index (χ2n) is 4.08. The van der Waals surface area contributed by atoms with Gasteiger partial charge in [0.1, 0.15) is 12.4 Å². The first-order chi connectivity index (χ1) is 9.26. The second-order valence-corrected chi connectivity index (χ2v) is 5.07. The minimum atomic E-state index is 0. The molecule has 4 nitrogen and oxygen atoms in total. The number of benzene rings is 1. The fraction of sp³-hybridized carbons (Fsp3) is 0.500. The molecule has 0 fully saturated rings. The smallest absolute Gasteiger partial charge is 0.191 e. The highest BCUT2D eigenvalue weighted by Gasteiger charge is 1.97. The van der Waals surface area contributed by atoms with E-state index in [1.165, 1.54) is 5.56 Å². The third-order valence-corrected chi connectivity index (χ3v) is 3.09. The molecule has 0 spiro atoms. The zero-order chi connectivity index (χ0) is 13.9. The summed E-state index contributed by atoms with van der Waals surface area (Å²) in [6.07, 6.45) is 2.09. The second kappa shape index (κ2) is 12.1. The number of rotatable bonds is 7. The molecule has 0 unspecified atom stereocenters. The van der Waals surface area contributed by atoms with Gasteiger partial charge in [0, 0.05) is 19.3 Å². The maximum atomic E-state index is 5.66. The van der Waals surface area contributed by atoms with Crippen LogP contribution in [-0.2, 0) is 0 Å². The molecule has 0 radical (unpaired) electrons. The molecule has 0 amide bonds. The molecule has 1 aromatic carbocycles. The van der Waals surface area contributed by atoms with Crippen LogP contribution in [0.5, 0.6) is 5.75 Å². The quantitative estimate of drug-likeness (QED) is 0.315. The zero-order valence-corrected chi connectivity index (χ0v) is 15.5. The van der Waals surface area contributed by atoms with Gasteiger partial charge < -0.3 is 15.4 Å². The normalized spacial score (nSPS) is 10.7. The highest BCUT2D eigenvalue weighted by Crippen LogP contribution is 2.11. The lowest BCUT2D eigenvalue weighted by Crippen LogP contribution is -2.40. The van der Waals surface area contributed by atoms with Crippen molar-refractivity contribution in [3.05, 3.63) is 29.8 Å². The molecule has 1 rings (SSSR count). The van der Waals surface area contributed by atoms with Crippen molar-refractivity contribution in [1.82, 2.24) is 10.6 Å². The number of hydrogen-bond acceptors (Lipinski definition) is 3. The van der Waals surface area contributed by atoms with Gasteiger partial charge in [-0.2, -0.15) is 11.8 Å². The molecule has 0 aromatic heterocycles. The van der Waals surface area contributed by atoms with Crippen LogP contribution in [0.1, 0.15) is 5.56 Å². The molecule has 0 aliphatic heterocycles. The zero-order valence-electron chi connectivity index (χ0n) is 12.3. The van der Waals surface area contributed by atoms with Crippen LogP contribution in [0.4, 0.5) is 0 Å². The summed E-state index contributed by atoms with van der Waals surface area (Å²) >= 11 is 1.81. The van der Waals surface area contributed by atoms with Crippen molar-refractivity contribution in [3.8, 4) is 5.75 Å². The van der Waals surface area contributed by atoms with E-state index in [-0.39, 0.29) is 24.0 Å². The average molecular weight is 409 g/mol. The molecule has 114 valence electrons. The minimum absolute atomic E-state index is 0. The summed E-state index contributed by atoms with van der Waals surface area (Å²) in [7, 11) is 1.77. The van der Waals surface area contributed by atoms with Crippen molar-refractivity contribution in [2.24, 2.45) is 4.99 Å². The Balaban J connectivity index is 0.00000361. The van der Waals surface area contributed by atoms with Crippen LogP contribution in [0, 0.1) is 6.92 Å². The summed E-state index contributed by atoms with van der Waals surface area (Å²) in [5.41, 5.74) is 1.21. The molecule has 0 bridgehead atoms. The predicted octanol–water partition coefficient (Wildman–Crippen LogP) is 2.52. The number of aryl methyl sites for hydroxylation is 1. The SMILES string of the molecule is CN=C(NCCOc1cccc(C)c1)NCCSC.I. The van der Waals surface area contributed by atoms with Gasteiger partial charge in [0.05, 0.1) is 6.54 Å². The van der Waals surface area contributed by atoms with Gasteiger partial charge in [-0.1, -0.05) is 12.1 Å². The number of hydrogen-bond donors (Lipinski definition) is 2. The lowest BCUT2D eigenvalue weighted by atomic mass is 10.2. The van der Waals surface area contributed by atoms with E-state index in [9.17, 15) is 0 Å². The third kappa shape index (κ3) is 8.52. The molecule has 6 heteroatoms. The van der Waals surface area contributed by atoms with E-state index in [2.05, 4.69) is 34.9 Å². The summed E-state index contributed by atoms with van der Waals surface area (Å²) in [5, 5.41) is 6.46. The largest absolute Gasteiger partial charge is 0.492 e. The van der Waals surface area contributed by atoms with Gasteiger partial charge in [0.15, 0.2) is 5.96 Å². The number of ether oxygens (including phenoxy) is 1. The monoisotopic (exact) mass is 409 g/mol.